The molecular formula is C12H15F4NO. The van der Waals surface area contributed by atoms with Crippen molar-refractivity contribution in [2.24, 2.45) is 5.73 Å². The van der Waals surface area contributed by atoms with Crippen molar-refractivity contribution in [3.63, 3.8) is 0 Å². The van der Waals surface area contributed by atoms with Gasteiger partial charge in [-0.05, 0) is 31.5 Å². The van der Waals surface area contributed by atoms with E-state index < -0.39 is 23.1 Å². The third kappa shape index (κ3) is 3.87. The summed E-state index contributed by atoms with van der Waals surface area (Å²) in [6, 6.07) is 2.15. The zero-order chi connectivity index (χ0) is 14.0. The maximum atomic E-state index is 13.4. The van der Waals surface area contributed by atoms with Crippen molar-refractivity contribution in [2.45, 2.75) is 32.0 Å². The second-order valence-electron chi connectivity index (χ2n) is 4.44. The van der Waals surface area contributed by atoms with Crippen LogP contribution in [0.3, 0.4) is 0 Å². The van der Waals surface area contributed by atoms with Crippen LogP contribution in [-0.4, -0.2) is 12.1 Å². The largest absolute Gasteiger partial charge is 0.489 e. The third-order valence-corrected chi connectivity index (χ3v) is 2.62. The Balaban J connectivity index is 2.81. The Hall–Kier alpha value is -1.30. The van der Waals surface area contributed by atoms with Crippen LogP contribution in [0.4, 0.5) is 17.6 Å². The van der Waals surface area contributed by atoms with Gasteiger partial charge in [0.1, 0.15) is 6.61 Å². The van der Waals surface area contributed by atoms with Gasteiger partial charge in [0.25, 0.3) is 0 Å². The summed E-state index contributed by atoms with van der Waals surface area (Å²) in [6.07, 6.45) is -3.96. The van der Waals surface area contributed by atoms with Gasteiger partial charge in [-0.1, -0.05) is 6.92 Å². The number of halogens is 4. The highest BCUT2D eigenvalue weighted by Crippen LogP contribution is 2.32. The van der Waals surface area contributed by atoms with E-state index >= 15 is 0 Å². The van der Waals surface area contributed by atoms with E-state index in [1.165, 1.54) is 0 Å². The number of benzene rings is 1. The van der Waals surface area contributed by atoms with Crippen LogP contribution in [0.25, 0.3) is 0 Å². The summed E-state index contributed by atoms with van der Waals surface area (Å²) >= 11 is 0. The van der Waals surface area contributed by atoms with Crippen LogP contribution in [0, 0.1) is 5.82 Å². The van der Waals surface area contributed by atoms with Gasteiger partial charge in [0.05, 0.1) is 5.56 Å². The van der Waals surface area contributed by atoms with Crippen molar-refractivity contribution in [3.05, 3.63) is 29.6 Å². The number of rotatable bonds is 4. The third-order valence-electron chi connectivity index (χ3n) is 2.62. The van der Waals surface area contributed by atoms with Gasteiger partial charge in [-0.25, -0.2) is 4.39 Å². The van der Waals surface area contributed by atoms with Gasteiger partial charge in [-0.15, -0.1) is 0 Å². The summed E-state index contributed by atoms with van der Waals surface area (Å²) in [6.45, 7) is 3.59. The minimum absolute atomic E-state index is 0.0335. The maximum absolute atomic E-state index is 13.4. The van der Waals surface area contributed by atoms with Crippen molar-refractivity contribution in [2.75, 3.05) is 6.61 Å². The zero-order valence-electron chi connectivity index (χ0n) is 10.1. The summed E-state index contributed by atoms with van der Waals surface area (Å²) in [5.74, 6) is -1.27. The topological polar surface area (TPSA) is 35.2 Å². The van der Waals surface area contributed by atoms with Crippen LogP contribution in [0.15, 0.2) is 18.2 Å². The molecule has 1 rings (SSSR count). The smallest absolute Gasteiger partial charge is 0.416 e. The first kappa shape index (κ1) is 14.8. The highest BCUT2D eigenvalue weighted by molar-refractivity contribution is 5.30. The van der Waals surface area contributed by atoms with E-state index in [4.69, 9.17) is 10.5 Å². The second-order valence-corrected chi connectivity index (χ2v) is 4.44. The Bertz CT molecular complexity index is 415. The van der Waals surface area contributed by atoms with Crippen molar-refractivity contribution in [3.8, 4) is 5.75 Å². The lowest BCUT2D eigenvalue weighted by Gasteiger charge is -2.23. The fourth-order valence-corrected chi connectivity index (χ4v) is 1.14. The lowest BCUT2D eigenvalue weighted by atomic mass is 10.0. The first-order valence-corrected chi connectivity index (χ1v) is 5.44. The van der Waals surface area contributed by atoms with Crippen LogP contribution in [-0.2, 0) is 6.18 Å². The summed E-state index contributed by atoms with van der Waals surface area (Å²) in [5.41, 5.74) is 4.10. The molecule has 0 saturated carbocycles. The molecule has 0 aliphatic rings. The molecule has 0 radical (unpaired) electrons. The molecule has 0 heterocycles. The number of alkyl halides is 3. The van der Waals surface area contributed by atoms with Gasteiger partial charge >= 0.3 is 6.18 Å². The maximum Gasteiger partial charge on any atom is 0.416 e. The molecule has 2 nitrogen and oxygen atoms in total. The molecule has 1 atom stereocenters. The second kappa shape index (κ2) is 5.14. The highest BCUT2D eigenvalue weighted by atomic mass is 19.4. The lowest BCUT2D eigenvalue weighted by molar-refractivity contribution is -0.137. The van der Waals surface area contributed by atoms with Gasteiger partial charge in [-0.3, -0.25) is 0 Å². The SMILES string of the molecule is CCC(C)(N)COc1ccc(C(F)(F)F)cc1F. The predicted octanol–water partition coefficient (Wildman–Crippen LogP) is 3.35. The lowest BCUT2D eigenvalue weighted by Crippen LogP contribution is -2.41. The average molecular weight is 265 g/mol. The molecule has 0 saturated heterocycles. The number of hydrogen-bond donors (Lipinski definition) is 1. The number of hydrogen-bond acceptors (Lipinski definition) is 2. The molecule has 18 heavy (non-hydrogen) atoms. The van der Waals surface area contributed by atoms with E-state index in [-0.39, 0.29) is 12.4 Å². The van der Waals surface area contributed by atoms with E-state index in [1.54, 1.807) is 6.92 Å². The van der Waals surface area contributed by atoms with Crippen molar-refractivity contribution >= 4 is 0 Å². The molecule has 2 N–H and O–H groups in total. The Morgan fingerprint density at radius 2 is 1.89 bits per heavy atom. The monoisotopic (exact) mass is 265 g/mol. The van der Waals surface area contributed by atoms with Crippen LogP contribution in [0.2, 0.25) is 0 Å². The molecule has 1 aromatic rings. The van der Waals surface area contributed by atoms with E-state index in [9.17, 15) is 17.6 Å². The first-order chi connectivity index (χ1) is 8.15. The molecule has 0 bridgehead atoms. The van der Waals surface area contributed by atoms with Crippen LogP contribution in [0.5, 0.6) is 5.75 Å². The molecule has 0 amide bonds. The minimum atomic E-state index is -4.56. The molecule has 0 aliphatic carbocycles. The summed E-state index contributed by atoms with van der Waals surface area (Å²) in [5, 5.41) is 0. The van der Waals surface area contributed by atoms with E-state index in [2.05, 4.69) is 0 Å². The summed E-state index contributed by atoms with van der Waals surface area (Å²) in [4.78, 5) is 0. The van der Waals surface area contributed by atoms with E-state index in [1.807, 2.05) is 6.92 Å². The van der Waals surface area contributed by atoms with Gasteiger partial charge in [-0.2, -0.15) is 13.2 Å². The van der Waals surface area contributed by atoms with Crippen LogP contribution >= 0.6 is 0 Å². The highest BCUT2D eigenvalue weighted by Gasteiger charge is 2.31. The van der Waals surface area contributed by atoms with E-state index in [0.717, 1.165) is 12.1 Å². The average Bonchev–Trinajstić information content (AvgIpc) is 2.26. The fourth-order valence-electron chi connectivity index (χ4n) is 1.14. The summed E-state index contributed by atoms with van der Waals surface area (Å²) in [7, 11) is 0. The normalized spacial score (nSPS) is 15.3. The molecule has 0 spiro atoms. The van der Waals surface area contributed by atoms with Gasteiger partial charge < -0.3 is 10.5 Å². The molecular weight excluding hydrogens is 250 g/mol. The van der Waals surface area contributed by atoms with E-state index in [0.29, 0.717) is 12.5 Å². The molecule has 6 heteroatoms. The minimum Gasteiger partial charge on any atom is -0.489 e. The zero-order valence-corrected chi connectivity index (χ0v) is 10.1. The Kier molecular flexibility index (Phi) is 4.21. The standard InChI is InChI=1S/C12H15F4NO/c1-3-11(2,17)7-18-10-5-4-8(6-9(10)13)12(14,15)16/h4-6H,3,7,17H2,1-2H3. The van der Waals surface area contributed by atoms with Crippen molar-refractivity contribution < 1.29 is 22.3 Å². The Morgan fingerprint density at radius 1 is 1.28 bits per heavy atom. The molecule has 0 aliphatic heterocycles. The van der Waals surface area contributed by atoms with Gasteiger partial charge in [0.2, 0.25) is 0 Å². The van der Waals surface area contributed by atoms with Gasteiger partial charge in [0, 0.05) is 5.54 Å². The molecule has 1 unspecified atom stereocenters. The summed E-state index contributed by atoms with van der Waals surface area (Å²) < 4.78 is 55.4. The number of nitrogens with two attached hydrogens (primary N) is 1. The first-order valence-electron chi connectivity index (χ1n) is 5.44. The Morgan fingerprint density at radius 3 is 2.33 bits per heavy atom. The van der Waals surface area contributed by atoms with Crippen molar-refractivity contribution in [1.29, 1.82) is 0 Å². The molecule has 0 fully saturated rings. The molecule has 1 aromatic carbocycles. The van der Waals surface area contributed by atoms with Crippen LogP contribution < -0.4 is 10.5 Å². The fraction of sp³-hybridized carbons (Fsp3) is 0.500. The molecule has 0 aromatic heterocycles. The quantitative estimate of drug-likeness (QED) is 0.847. The van der Waals surface area contributed by atoms with Crippen LogP contribution in [0.1, 0.15) is 25.8 Å². The van der Waals surface area contributed by atoms with Gasteiger partial charge in [0.15, 0.2) is 11.6 Å². The predicted molar refractivity (Wildman–Crippen MR) is 59.8 cm³/mol. The van der Waals surface area contributed by atoms with Crippen molar-refractivity contribution in [1.82, 2.24) is 0 Å². The molecule has 102 valence electrons. The number of ether oxygens (including phenoxy) is 1. The Labute approximate surface area is 103 Å².